The van der Waals surface area contributed by atoms with E-state index in [9.17, 15) is 14.4 Å². The lowest BCUT2D eigenvalue weighted by atomic mass is 10.00. The van der Waals surface area contributed by atoms with Crippen LogP contribution in [0.5, 0.6) is 0 Å². The van der Waals surface area contributed by atoms with Gasteiger partial charge in [0.05, 0.1) is 6.04 Å². The number of piperidine rings is 1. The van der Waals surface area contributed by atoms with Gasteiger partial charge in [-0.25, -0.2) is 14.6 Å². The molecule has 4 amide bonds. The number of carbonyl (C=O) groups is 3. The van der Waals surface area contributed by atoms with Gasteiger partial charge >= 0.3 is 12.1 Å². The molecule has 0 saturated carbocycles. The molecule has 3 aliphatic rings. The lowest BCUT2D eigenvalue weighted by Gasteiger charge is -2.29. The Morgan fingerprint density at radius 1 is 1.10 bits per heavy atom. The molecule has 2 fully saturated rings. The van der Waals surface area contributed by atoms with Gasteiger partial charge in [0.1, 0.15) is 24.1 Å². The Labute approximate surface area is 228 Å². The smallest absolute Gasteiger partial charge is 0.410 e. The third-order valence-corrected chi connectivity index (χ3v) is 7.09. The predicted molar refractivity (Wildman–Crippen MR) is 145 cm³/mol. The number of aromatic nitrogens is 1. The molecule has 1 aromatic heterocycles. The van der Waals surface area contributed by atoms with E-state index in [1.54, 1.807) is 22.1 Å². The molecule has 10 nitrogen and oxygen atoms in total. The van der Waals surface area contributed by atoms with Crippen LogP contribution in [0.25, 0.3) is 5.57 Å². The molecule has 2 saturated heterocycles. The number of carbonyl (C=O) groups excluding carboxylic acids is 3. The van der Waals surface area contributed by atoms with E-state index in [-0.39, 0.29) is 24.1 Å². The Morgan fingerprint density at radius 2 is 1.90 bits per heavy atom. The van der Waals surface area contributed by atoms with E-state index in [2.05, 4.69) is 10.3 Å². The minimum atomic E-state index is -0.569. The van der Waals surface area contributed by atoms with Crippen molar-refractivity contribution in [1.29, 1.82) is 0 Å². The molecule has 4 heterocycles. The summed E-state index contributed by atoms with van der Waals surface area (Å²) in [6.45, 7) is 7.37. The van der Waals surface area contributed by atoms with Gasteiger partial charge in [-0.2, -0.15) is 5.06 Å². The first-order valence-electron chi connectivity index (χ1n) is 13.4. The number of nitrogens with one attached hydrogen (secondary N) is 1. The van der Waals surface area contributed by atoms with Gasteiger partial charge in [0.2, 0.25) is 5.91 Å². The molecule has 2 atom stereocenters. The number of fused-ring (bicyclic) bond motifs is 2. The quantitative estimate of drug-likeness (QED) is 0.589. The Morgan fingerprint density at radius 3 is 2.56 bits per heavy atom. The maximum Gasteiger partial charge on any atom is 0.410 e. The Bertz CT molecular complexity index is 1240. The lowest BCUT2D eigenvalue weighted by molar-refractivity contribution is -0.140. The lowest BCUT2D eigenvalue weighted by Crippen LogP contribution is -2.47. The van der Waals surface area contributed by atoms with Crippen LogP contribution in [0.4, 0.5) is 15.4 Å². The van der Waals surface area contributed by atoms with Crippen LogP contribution in [0.1, 0.15) is 51.2 Å². The van der Waals surface area contributed by atoms with Crippen LogP contribution in [0.3, 0.4) is 0 Å². The van der Waals surface area contributed by atoms with Gasteiger partial charge in [-0.1, -0.05) is 36.4 Å². The van der Waals surface area contributed by atoms with Crippen molar-refractivity contribution in [3.63, 3.8) is 0 Å². The largest absolute Gasteiger partial charge is 0.444 e. The van der Waals surface area contributed by atoms with Gasteiger partial charge in [0, 0.05) is 25.8 Å². The molecule has 206 valence electrons. The number of hydrogen-bond donors (Lipinski definition) is 1. The van der Waals surface area contributed by atoms with Crippen molar-refractivity contribution in [2.45, 2.75) is 64.3 Å². The van der Waals surface area contributed by atoms with Gasteiger partial charge in [-0.15, -0.1) is 0 Å². The average Bonchev–Trinajstić information content (AvgIpc) is 3.16. The van der Waals surface area contributed by atoms with Crippen LogP contribution in [0.15, 0.2) is 54.7 Å². The molecule has 5 rings (SSSR count). The number of amides is 4. The van der Waals surface area contributed by atoms with E-state index in [1.165, 1.54) is 5.06 Å². The molecule has 2 aromatic rings. The molecule has 0 aliphatic carbocycles. The number of hydroxylamine groups is 2. The first kappa shape index (κ1) is 26.7. The average molecular weight is 534 g/mol. The van der Waals surface area contributed by atoms with E-state index in [1.807, 2.05) is 63.2 Å². The first-order chi connectivity index (χ1) is 18.7. The number of nitrogens with zero attached hydrogens (tertiary/aromatic N) is 4. The number of pyridine rings is 1. The summed E-state index contributed by atoms with van der Waals surface area (Å²) in [6, 6.07) is 12.5. The fourth-order valence-corrected chi connectivity index (χ4v) is 5.08. The summed E-state index contributed by atoms with van der Waals surface area (Å²) < 4.78 is 5.45. The van der Waals surface area contributed by atoms with Crippen LogP contribution in [-0.4, -0.2) is 75.2 Å². The molecule has 1 unspecified atom stereocenters. The van der Waals surface area contributed by atoms with Gasteiger partial charge in [0.15, 0.2) is 0 Å². The zero-order valence-electron chi connectivity index (χ0n) is 22.6. The standard InChI is InChI=1S/C29H35N5O5/c1-29(2,3)39-28(37)32-15-13-21(14-16-32)22-9-12-25(30-17-22)31-26(35)24-11-10-23-18-33(24)27(36)34(23)38-19-20-7-5-4-6-8-20/h4-9,12-13,17,23-24H,10-11,14-16,18-19H2,1-3H3,(H,30,31,35)/t23?,24-/m0/s1. The summed E-state index contributed by atoms with van der Waals surface area (Å²) in [5.41, 5.74) is 2.49. The van der Waals surface area contributed by atoms with E-state index in [4.69, 9.17) is 9.57 Å². The third kappa shape index (κ3) is 6.22. The zero-order valence-corrected chi connectivity index (χ0v) is 22.6. The highest BCUT2D eigenvalue weighted by Gasteiger charge is 2.48. The van der Waals surface area contributed by atoms with Gasteiger partial charge in [-0.3, -0.25) is 9.63 Å². The number of hydrogen-bond acceptors (Lipinski definition) is 6. The molecular formula is C29H35N5O5. The van der Waals surface area contributed by atoms with Crippen molar-refractivity contribution >= 4 is 29.4 Å². The van der Waals surface area contributed by atoms with Crippen molar-refractivity contribution in [3.8, 4) is 0 Å². The number of urea groups is 1. The summed E-state index contributed by atoms with van der Waals surface area (Å²) in [5, 5.41) is 4.30. The van der Waals surface area contributed by atoms with Crippen molar-refractivity contribution in [1.82, 2.24) is 19.8 Å². The van der Waals surface area contributed by atoms with Crippen LogP contribution >= 0.6 is 0 Å². The minimum absolute atomic E-state index is 0.0577. The highest BCUT2D eigenvalue weighted by molar-refractivity contribution is 5.97. The van der Waals surface area contributed by atoms with Crippen molar-refractivity contribution in [3.05, 3.63) is 65.9 Å². The zero-order chi connectivity index (χ0) is 27.6. The molecule has 10 heteroatoms. The highest BCUT2D eigenvalue weighted by Crippen LogP contribution is 2.31. The molecule has 0 spiro atoms. The van der Waals surface area contributed by atoms with Gasteiger partial charge < -0.3 is 19.9 Å². The van der Waals surface area contributed by atoms with Crippen LogP contribution in [0, 0.1) is 0 Å². The van der Waals surface area contributed by atoms with Crippen molar-refractivity contribution < 1.29 is 24.0 Å². The van der Waals surface area contributed by atoms with E-state index in [0.29, 0.717) is 51.3 Å². The van der Waals surface area contributed by atoms with E-state index >= 15 is 0 Å². The van der Waals surface area contributed by atoms with Crippen LogP contribution in [-0.2, 0) is 21.0 Å². The summed E-state index contributed by atoms with van der Waals surface area (Å²) in [4.78, 5) is 52.0. The number of anilines is 1. The molecule has 2 bridgehead atoms. The fraction of sp³-hybridized carbons (Fsp3) is 0.448. The summed E-state index contributed by atoms with van der Waals surface area (Å²) in [7, 11) is 0. The third-order valence-electron chi connectivity index (χ3n) is 7.09. The second-order valence-electron chi connectivity index (χ2n) is 11.1. The van der Waals surface area contributed by atoms with Gasteiger partial charge in [-0.05, 0) is 68.9 Å². The van der Waals surface area contributed by atoms with Crippen LogP contribution in [0.2, 0.25) is 0 Å². The van der Waals surface area contributed by atoms with Gasteiger partial charge in [0.25, 0.3) is 0 Å². The highest BCUT2D eigenvalue weighted by atomic mass is 16.7. The Kier molecular flexibility index (Phi) is 7.56. The van der Waals surface area contributed by atoms with Crippen molar-refractivity contribution in [2.75, 3.05) is 25.0 Å². The molecule has 39 heavy (non-hydrogen) atoms. The fourth-order valence-electron chi connectivity index (χ4n) is 5.08. The van der Waals surface area contributed by atoms with E-state index in [0.717, 1.165) is 16.7 Å². The number of rotatable bonds is 6. The maximum absolute atomic E-state index is 13.1. The summed E-state index contributed by atoms with van der Waals surface area (Å²) >= 11 is 0. The Hall–Kier alpha value is -3.92. The SMILES string of the molecule is CC(C)(C)OC(=O)N1CC=C(c2ccc(NC(=O)[C@@H]3CCC4CN3C(=O)N4OCc3ccccc3)nc2)CC1. The first-order valence-corrected chi connectivity index (χ1v) is 13.4. The number of benzene rings is 1. The summed E-state index contributed by atoms with van der Waals surface area (Å²) in [5.74, 6) is 0.179. The van der Waals surface area contributed by atoms with Crippen molar-refractivity contribution in [2.24, 2.45) is 0 Å². The predicted octanol–water partition coefficient (Wildman–Crippen LogP) is 4.44. The van der Waals surface area contributed by atoms with Crippen LogP contribution < -0.4 is 5.32 Å². The normalized spacial score (nSPS) is 21.1. The molecule has 3 aliphatic heterocycles. The molecule has 0 radical (unpaired) electrons. The minimum Gasteiger partial charge on any atom is -0.444 e. The monoisotopic (exact) mass is 533 g/mol. The second kappa shape index (κ2) is 11.1. The molecule has 1 N–H and O–H groups in total. The molecular weight excluding hydrogens is 498 g/mol. The second-order valence-corrected chi connectivity index (χ2v) is 11.1. The number of ether oxygens (including phenoxy) is 1. The Balaban J connectivity index is 1.14. The maximum atomic E-state index is 13.1. The molecule has 1 aromatic carbocycles. The topological polar surface area (TPSA) is 104 Å². The summed E-state index contributed by atoms with van der Waals surface area (Å²) in [6.07, 6.45) is 5.36. The van der Waals surface area contributed by atoms with E-state index < -0.39 is 11.6 Å².